The van der Waals surface area contributed by atoms with Gasteiger partial charge in [0.1, 0.15) is 11.5 Å². The van der Waals surface area contributed by atoms with E-state index >= 15 is 0 Å². The van der Waals surface area contributed by atoms with Crippen molar-refractivity contribution in [2.45, 2.75) is 52.6 Å². The van der Waals surface area contributed by atoms with Crippen LogP contribution in [0.3, 0.4) is 0 Å². The Morgan fingerprint density at radius 1 is 1.00 bits per heavy atom. The number of ketones is 1. The first-order valence-corrected chi connectivity index (χ1v) is 13.0. The van der Waals surface area contributed by atoms with E-state index in [0.717, 1.165) is 11.1 Å². The summed E-state index contributed by atoms with van der Waals surface area (Å²) in [5, 5.41) is 22.0. The zero-order valence-corrected chi connectivity index (χ0v) is 23.2. The maximum absolute atomic E-state index is 13.6. The summed E-state index contributed by atoms with van der Waals surface area (Å²) in [6, 6.07) is 16.8. The molecule has 1 unspecified atom stereocenters. The molecule has 1 heterocycles. The van der Waals surface area contributed by atoms with Crippen LogP contribution in [-0.4, -0.2) is 40.5 Å². The maximum Gasteiger partial charge on any atom is 0.295 e. The number of hydrogen-bond donors (Lipinski definition) is 2. The van der Waals surface area contributed by atoms with Crippen LogP contribution in [0.5, 0.6) is 17.2 Å². The number of ether oxygens (including phenoxy) is 2. The molecule has 7 nitrogen and oxygen atoms in total. The van der Waals surface area contributed by atoms with Gasteiger partial charge < -0.3 is 24.6 Å². The summed E-state index contributed by atoms with van der Waals surface area (Å²) in [5.74, 6) is -1.01. The zero-order chi connectivity index (χ0) is 28.5. The number of aliphatic hydroxyl groups excluding tert-OH is 1. The molecule has 0 saturated carbocycles. The number of likely N-dealkylation sites (tertiary alicyclic amines) is 1. The first-order chi connectivity index (χ1) is 18.5. The van der Waals surface area contributed by atoms with E-state index in [1.54, 1.807) is 32.2 Å². The highest BCUT2D eigenvalue weighted by Crippen LogP contribution is 2.43. The van der Waals surface area contributed by atoms with Gasteiger partial charge in [-0.15, -0.1) is 0 Å². The highest BCUT2D eigenvalue weighted by Gasteiger charge is 2.46. The second kappa shape index (κ2) is 10.8. The van der Waals surface area contributed by atoms with Crippen LogP contribution < -0.4 is 9.47 Å². The lowest BCUT2D eigenvalue weighted by Gasteiger charge is -2.27. The predicted molar refractivity (Wildman–Crippen MR) is 150 cm³/mol. The molecule has 0 radical (unpaired) electrons. The quantitative estimate of drug-likeness (QED) is 0.221. The zero-order valence-electron chi connectivity index (χ0n) is 23.2. The van der Waals surface area contributed by atoms with Gasteiger partial charge in [0.2, 0.25) is 0 Å². The number of Topliss-reactive ketones (excluding diaryl/α,β-unsaturated/α-hetero) is 1. The Labute approximate surface area is 229 Å². The lowest BCUT2D eigenvalue weighted by atomic mass is 9.84. The number of carbonyl (C=O) groups is 2. The number of aliphatic hydroxyl groups is 1. The molecule has 1 saturated heterocycles. The van der Waals surface area contributed by atoms with Crippen molar-refractivity contribution in [2.75, 3.05) is 13.7 Å². The molecule has 0 aliphatic carbocycles. The van der Waals surface area contributed by atoms with Gasteiger partial charge in [0.05, 0.1) is 31.9 Å². The maximum atomic E-state index is 13.6. The predicted octanol–water partition coefficient (Wildman–Crippen LogP) is 6.03. The molecule has 1 aliphatic heterocycles. The van der Waals surface area contributed by atoms with Crippen molar-refractivity contribution in [3.05, 3.63) is 94.1 Å². The molecule has 3 aromatic carbocycles. The van der Waals surface area contributed by atoms with Gasteiger partial charge >= 0.3 is 0 Å². The minimum absolute atomic E-state index is 0.0165. The van der Waals surface area contributed by atoms with Crippen molar-refractivity contribution < 1.29 is 29.3 Å². The summed E-state index contributed by atoms with van der Waals surface area (Å²) in [5.41, 5.74) is 3.28. The number of aromatic hydroxyl groups is 1. The summed E-state index contributed by atoms with van der Waals surface area (Å²) in [6.45, 7) is 10.2. The van der Waals surface area contributed by atoms with E-state index in [2.05, 4.69) is 20.8 Å². The first kappa shape index (κ1) is 27.8. The Balaban J connectivity index is 1.95. The minimum Gasteiger partial charge on any atom is -0.507 e. The van der Waals surface area contributed by atoms with Gasteiger partial charge in [-0.05, 0) is 60.2 Å². The third-order valence-electron chi connectivity index (χ3n) is 7.03. The number of hydrogen-bond acceptors (Lipinski definition) is 6. The second-order valence-electron chi connectivity index (χ2n) is 10.7. The van der Waals surface area contributed by atoms with Gasteiger partial charge in [-0.3, -0.25) is 9.59 Å². The topological polar surface area (TPSA) is 96.3 Å². The third-order valence-corrected chi connectivity index (χ3v) is 7.03. The Kier molecular flexibility index (Phi) is 7.72. The van der Waals surface area contributed by atoms with Gasteiger partial charge in [-0.25, -0.2) is 0 Å². The molecule has 1 amide bonds. The van der Waals surface area contributed by atoms with E-state index in [1.165, 1.54) is 11.0 Å². The molecule has 1 fully saturated rings. The van der Waals surface area contributed by atoms with Gasteiger partial charge in [0.15, 0.2) is 11.5 Å². The Hall–Kier alpha value is -4.26. The van der Waals surface area contributed by atoms with Crippen molar-refractivity contribution in [3.63, 3.8) is 0 Å². The standard InChI is InChI=1S/C32H35NO6/c1-7-39-26-16-20(13-15-24(26)34)28-27(29(35)23-17-22(32(3,4)5)14-12-19(23)2)30(36)31(37)33(28)18-21-10-8-9-11-25(21)38-6/h8-17,28,34-35H,7,18H2,1-6H3/b29-27+. The number of nitrogens with zero attached hydrogens (tertiary/aromatic N) is 1. The van der Waals surface area contributed by atoms with Crippen LogP contribution in [0.2, 0.25) is 0 Å². The molecule has 1 aliphatic rings. The Morgan fingerprint density at radius 3 is 2.38 bits per heavy atom. The lowest BCUT2D eigenvalue weighted by Crippen LogP contribution is -2.29. The minimum atomic E-state index is -0.924. The number of aryl methyl sites for hydroxylation is 1. The number of para-hydroxylation sites is 1. The SMILES string of the molecule is CCOc1cc(C2/C(=C(\O)c3cc(C(C)(C)C)ccc3C)C(=O)C(=O)N2Cc2ccccc2OC)ccc1O. The normalized spacial score (nSPS) is 17.0. The highest BCUT2D eigenvalue weighted by molar-refractivity contribution is 6.46. The van der Waals surface area contributed by atoms with Crippen molar-refractivity contribution in [2.24, 2.45) is 0 Å². The van der Waals surface area contributed by atoms with Crippen LogP contribution in [-0.2, 0) is 21.5 Å². The van der Waals surface area contributed by atoms with E-state index < -0.39 is 17.7 Å². The number of phenolic OH excluding ortho intramolecular Hbond substituents is 1. The monoisotopic (exact) mass is 529 g/mol. The lowest BCUT2D eigenvalue weighted by molar-refractivity contribution is -0.140. The molecule has 1 atom stereocenters. The van der Waals surface area contributed by atoms with Crippen LogP contribution in [0.25, 0.3) is 5.76 Å². The number of phenols is 1. The molecule has 3 aromatic rings. The van der Waals surface area contributed by atoms with Crippen molar-refractivity contribution >= 4 is 17.4 Å². The van der Waals surface area contributed by atoms with E-state index in [4.69, 9.17) is 9.47 Å². The van der Waals surface area contributed by atoms with Crippen LogP contribution in [0, 0.1) is 6.92 Å². The average molecular weight is 530 g/mol. The number of benzene rings is 3. The van der Waals surface area contributed by atoms with Gasteiger partial charge in [0, 0.05) is 11.1 Å². The third kappa shape index (κ3) is 5.35. The molecule has 4 rings (SSSR count). The van der Waals surface area contributed by atoms with Crippen molar-refractivity contribution in [1.82, 2.24) is 4.90 Å². The van der Waals surface area contributed by atoms with E-state index in [1.807, 2.05) is 43.3 Å². The number of methoxy groups -OCH3 is 1. The van der Waals surface area contributed by atoms with Crippen LogP contribution in [0.15, 0.2) is 66.2 Å². The fourth-order valence-electron chi connectivity index (χ4n) is 4.87. The molecule has 7 heteroatoms. The number of carbonyl (C=O) groups excluding carboxylic acids is 2. The Morgan fingerprint density at radius 2 is 1.72 bits per heavy atom. The largest absolute Gasteiger partial charge is 0.507 e. The van der Waals surface area contributed by atoms with Crippen LogP contribution in [0.1, 0.15) is 61.6 Å². The first-order valence-electron chi connectivity index (χ1n) is 13.0. The molecular weight excluding hydrogens is 494 g/mol. The highest BCUT2D eigenvalue weighted by atomic mass is 16.5. The summed E-state index contributed by atoms with van der Waals surface area (Å²) < 4.78 is 11.1. The average Bonchev–Trinajstić information content (AvgIpc) is 3.14. The van der Waals surface area contributed by atoms with E-state index in [-0.39, 0.29) is 34.8 Å². The molecule has 0 bridgehead atoms. The molecule has 2 N–H and O–H groups in total. The number of rotatable bonds is 7. The van der Waals surface area contributed by atoms with Gasteiger partial charge in [-0.2, -0.15) is 0 Å². The summed E-state index contributed by atoms with van der Waals surface area (Å²) in [7, 11) is 1.55. The van der Waals surface area contributed by atoms with E-state index in [0.29, 0.717) is 29.0 Å². The molecule has 0 aromatic heterocycles. The summed E-state index contributed by atoms with van der Waals surface area (Å²) in [6.07, 6.45) is 0. The smallest absolute Gasteiger partial charge is 0.295 e. The Bertz CT molecular complexity index is 1450. The molecular formula is C32H35NO6. The van der Waals surface area contributed by atoms with E-state index in [9.17, 15) is 19.8 Å². The molecule has 0 spiro atoms. The van der Waals surface area contributed by atoms with Gasteiger partial charge in [0.25, 0.3) is 11.7 Å². The van der Waals surface area contributed by atoms with Crippen molar-refractivity contribution in [1.29, 1.82) is 0 Å². The number of amides is 1. The van der Waals surface area contributed by atoms with Crippen LogP contribution >= 0.6 is 0 Å². The second-order valence-corrected chi connectivity index (χ2v) is 10.7. The van der Waals surface area contributed by atoms with Crippen molar-refractivity contribution in [3.8, 4) is 17.2 Å². The summed E-state index contributed by atoms with van der Waals surface area (Å²) in [4.78, 5) is 28.6. The molecule has 39 heavy (non-hydrogen) atoms. The fraction of sp³-hybridized carbons (Fsp3) is 0.312. The van der Waals surface area contributed by atoms with Crippen LogP contribution in [0.4, 0.5) is 0 Å². The molecule has 204 valence electrons. The van der Waals surface area contributed by atoms with Gasteiger partial charge in [-0.1, -0.05) is 57.2 Å². The fourth-order valence-corrected chi connectivity index (χ4v) is 4.87. The summed E-state index contributed by atoms with van der Waals surface area (Å²) >= 11 is 0.